The molecule has 2 aromatic carbocycles. The maximum atomic E-state index is 12.8. The summed E-state index contributed by atoms with van der Waals surface area (Å²) in [7, 11) is -3.77. The maximum absolute atomic E-state index is 12.8. The summed E-state index contributed by atoms with van der Waals surface area (Å²) in [5.74, 6) is 0.386. The van der Waals surface area contributed by atoms with Gasteiger partial charge in [-0.2, -0.15) is 4.31 Å². The molecule has 0 unspecified atom stereocenters. The van der Waals surface area contributed by atoms with Crippen molar-refractivity contribution in [2.24, 2.45) is 0 Å². The molecular formula is C18H19ClN2O5S. The number of nitrogens with zero attached hydrogens (tertiary/aromatic N) is 2. The first kappa shape index (κ1) is 19.6. The van der Waals surface area contributed by atoms with Gasteiger partial charge in [0.1, 0.15) is 5.75 Å². The molecule has 0 radical (unpaired) electrons. The number of rotatable bonds is 5. The van der Waals surface area contributed by atoms with Crippen LogP contribution in [0.4, 0.5) is 5.69 Å². The zero-order valence-electron chi connectivity index (χ0n) is 14.7. The lowest BCUT2D eigenvalue weighted by atomic mass is 10.2. The third-order valence-corrected chi connectivity index (χ3v) is 6.57. The molecule has 0 N–H and O–H groups in total. The Morgan fingerprint density at radius 3 is 2.37 bits per heavy atom. The quantitative estimate of drug-likeness (QED) is 0.533. The van der Waals surface area contributed by atoms with E-state index in [1.165, 1.54) is 16.4 Å². The van der Waals surface area contributed by atoms with Gasteiger partial charge in [-0.05, 0) is 55.7 Å². The lowest BCUT2D eigenvalue weighted by molar-refractivity contribution is -0.385. The van der Waals surface area contributed by atoms with Crippen molar-refractivity contribution in [2.75, 3.05) is 13.1 Å². The van der Waals surface area contributed by atoms with E-state index in [1.807, 2.05) is 0 Å². The molecule has 1 aliphatic rings. The molecule has 27 heavy (non-hydrogen) atoms. The van der Waals surface area contributed by atoms with Crippen LogP contribution in [0.3, 0.4) is 0 Å². The van der Waals surface area contributed by atoms with Gasteiger partial charge in [0.25, 0.3) is 0 Å². The smallest absolute Gasteiger partial charge is 0.312 e. The van der Waals surface area contributed by atoms with Crippen LogP contribution in [-0.4, -0.2) is 30.7 Å². The molecule has 0 bridgehead atoms. The lowest BCUT2D eigenvalue weighted by Crippen LogP contribution is -2.35. The standard InChI is InChI=1S/C18H19ClN2O5S/c1-13-11-14(19)5-7-17(13)26-18-8-6-15(12-16(18)21(22)23)27(24,25)20-9-3-2-4-10-20/h5-8,11-12H,2-4,9-10H2,1H3. The summed E-state index contributed by atoms with van der Waals surface area (Å²) in [5, 5.41) is 12.0. The van der Waals surface area contributed by atoms with E-state index in [1.54, 1.807) is 25.1 Å². The Morgan fingerprint density at radius 1 is 1.07 bits per heavy atom. The van der Waals surface area contributed by atoms with Crippen molar-refractivity contribution in [1.29, 1.82) is 0 Å². The van der Waals surface area contributed by atoms with Crippen LogP contribution in [0.25, 0.3) is 0 Å². The van der Waals surface area contributed by atoms with E-state index in [9.17, 15) is 18.5 Å². The Kier molecular flexibility index (Phi) is 5.69. The minimum Gasteiger partial charge on any atom is -0.450 e. The average Bonchev–Trinajstić information content (AvgIpc) is 2.64. The largest absolute Gasteiger partial charge is 0.450 e. The van der Waals surface area contributed by atoms with Gasteiger partial charge in [0.05, 0.1) is 9.82 Å². The van der Waals surface area contributed by atoms with Crippen LogP contribution in [0.15, 0.2) is 41.3 Å². The zero-order chi connectivity index (χ0) is 19.6. The summed E-state index contributed by atoms with van der Waals surface area (Å²) in [5.41, 5.74) is 0.309. The van der Waals surface area contributed by atoms with Crippen molar-refractivity contribution in [1.82, 2.24) is 4.31 Å². The Morgan fingerprint density at radius 2 is 1.74 bits per heavy atom. The van der Waals surface area contributed by atoms with E-state index in [2.05, 4.69) is 0 Å². The fraction of sp³-hybridized carbons (Fsp3) is 0.333. The molecule has 0 spiro atoms. The van der Waals surface area contributed by atoms with Crippen LogP contribution in [0, 0.1) is 17.0 Å². The molecule has 2 aromatic rings. The van der Waals surface area contributed by atoms with Gasteiger partial charge in [-0.3, -0.25) is 10.1 Å². The molecule has 9 heteroatoms. The number of halogens is 1. The molecule has 3 rings (SSSR count). The van der Waals surface area contributed by atoms with Crippen molar-refractivity contribution < 1.29 is 18.1 Å². The van der Waals surface area contributed by atoms with E-state index in [0.717, 1.165) is 25.3 Å². The second-order valence-electron chi connectivity index (χ2n) is 6.36. The number of hydrogen-bond donors (Lipinski definition) is 0. The average molecular weight is 411 g/mol. The van der Waals surface area contributed by atoms with E-state index in [-0.39, 0.29) is 10.6 Å². The molecule has 0 amide bonds. The second-order valence-corrected chi connectivity index (χ2v) is 8.74. The fourth-order valence-electron chi connectivity index (χ4n) is 2.99. The van der Waals surface area contributed by atoms with Crippen LogP contribution >= 0.6 is 11.6 Å². The summed E-state index contributed by atoms with van der Waals surface area (Å²) in [4.78, 5) is 10.8. The highest BCUT2D eigenvalue weighted by Crippen LogP contribution is 2.36. The van der Waals surface area contributed by atoms with Crippen molar-refractivity contribution in [3.05, 3.63) is 57.1 Å². The highest BCUT2D eigenvalue weighted by Gasteiger charge is 2.29. The van der Waals surface area contributed by atoms with Crippen LogP contribution in [0.2, 0.25) is 5.02 Å². The number of hydrogen-bond acceptors (Lipinski definition) is 5. The number of sulfonamides is 1. The fourth-order valence-corrected chi connectivity index (χ4v) is 4.75. The van der Waals surface area contributed by atoms with Crippen LogP contribution < -0.4 is 4.74 Å². The molecule has 1 saturated heterocycles. The Balaban J connectivity index is 1.96. The summed E-state index contributed by atoms with van der Waals surface area (Å²) in [6.07, 6.45) is 2.57. The van der Waals surface area contributed by atoms with Gasteiger partial charge >= 0.3 is 5.69 Å². The maximum Gasteiger partial charge on any atom is 0.312 e. The monoisotopic (exact) mass is 410 g/mol. The third kappa shape index (κ3) is 4.23. The predicted molar refractivity (Wildman–Crippen MR) is 102 cm³/mol. The number of ether oxygens (including phenoxy) is 1. The molecule has 0 saturated carbocycles. The SMILES string of the molecule is Cc1cc(Cl)ccc1Oc1ccc(S(=O)(=O)N2CCCCC2)cc1[N+](=O)[O-]. The van der Waals surface area contributed by atoms with Crippen LogP contribution in [0.5, 0.6) is 11.5 Å². The van der Waals surface area contributed by atoms with Gasteiger partial charge in [0.15, 0.2) is 0 Å². The van der Waals surface area contributed by atoms with Gasteiger partial charge in [0.2, 0.25) is 15.8 Å². The molecule has 1 heterocycles. The minimum atomic E-state index is -3.77. The van der Waals surface area contributed by atoms with Crippen molar-refractivity contribution in [3.8, 4) is 11.5 Å². The number of nitro groups is 1. The first-order chi connectivity index (χ1) is 12.8. The second kappa shape index (κ2) is 7.84. The molecule has 144 valence electrons. The van der Waals surface area contributed by atoms with E-state index in [4.69, 9.17) is 16.3 Å². The normalized spacial score (nSPS) is 15.5. The van der Waals surface area contributed by atoms with Crippen molar-refractivity contribution >= 4 is 27.3 Å². The molecule has 0 aromatic heterocycles. The number of piperidine rings is 1. The number of nitro benzene ring substituents is 1. The first-order valence-corrected chi connectivity index (χ1v) is 10.3. The molecule has 1 aliphatic heterocycles. The lowest BCUT2D eigenvalue weighted by Gasteiger charge is -2.25. The van der Waals surface area contributed by atoms with Crippen LogP contribution in [-0.2, 0) is 10.0 Å². The van der Waals surface area contributed by atoms with Gasteiger partial charge in [-0.1, -0.05) is 18.0 Å². The minimum absolute atomic E-state index is 0.0250. The third-order valence-electron chi connectivity index (χ3n) is 4.44. The van der Waals surface area contributed by atoms with Gasteiger partial charge in [0, 0.05) is 24.2 Å². The van der Waals surface area contributed by atoms with E-state index >= 15 is 0 Å². The molecule has 0 atom stereocenters. The zero-order valence-corrected chi connectivity index (χ0v) is 16.3. The Bertz CT molecular complexity index is 972. The molecule has 7 nitrogen and oxygen atoms in total. The summed E-state index contributed by atoms with van der Waals surface area (Å²) >= 11 is 5.91. The van der Waals surface area contributed by atoms with Gasteiger partial charge in [-0.15, -0.1) is 0 Å². The van der Waals surface area contributed by atoms with Gasteiger partial charge < -0.3 is 4.74 Å². The van der Waals surface area contributed by atoms with E-state index in [0.29, 0.717) is 29.4 Å². The number of benzene rings is 2. The highest BCUT2D eigenvalue weighted by molar-refractivity contribution is 7.89. The topological polar surface area (TPSA) is 89.8 Å². The predicted octanol–water partition coefficient (Wildman–Crippen LogP) is 4.52. The summed E-state index contributed by atoms with van der Waals surface area (Å²) in [6, 6.07) is 8.63. The Hall–Kier alpha value is -2.16. The summed E-state index contributed by atoms with van der Waals surface area (Å²) < 4.78 is 32.6. The van der Waals surface area contributed by atoms with Gasteiger partial charge in [-0.25, -0.2) is 8.42 Å². The molecular weight excluding hydrogens is 392 g/mol. The Labute approximate surface area is 162 Å². The number of aryl methyl sites for hydroxylation is 1. The van der Waals surface area contributed by atoms with Crippen molar-refractivity contribution in [2.45, 2.75) is 31.1 Å². The van der Waals surface area contributed by atoms with Crippen molar-refractivity contribution in [3.63, 3.8) is 0 Å². The van der Waals surface area contributed by atoms with E-state index < -0.39 is 20.6 Å². The van der Waals surface area contributed by atoms with Crippen LogP contribution in [0.1, 0.15) is 24.8 Å². The molecule has 0 aliphatic carbocycles. The summed E-state index contributed by atoms with van der Waals surface area (Å²) in [6.45, 7) is 2.62. The highest BCUT2D eigenvalue weighted by atomic mass is 35.5. The molecule has 1 fully saturated rings. The first-order valence-electron chi connectivity index (χ1n) is 8.51.